The molecule has 0 aliphatic heterocycles. The van der Waals surface area contributed by atoms with E-state index >= 15 is 0 Å². The van der Waals surface area contributed by atoms with Gasteiger partial charge in [-0.1, -0.05) is 43.3 Å². The number of fused-ring (bicyclic) bond motifs is 1. The molecular formula is C23H20N2O4S3. The van der Waals surface area contributed by atoms with E-state index < -0.39 is 27.4 Å². The van der Waals surface area contributed by atoms with E-state index in [1.54, 1.807) is 24.3 Å². The normalized spacial score (nSPS) is 22.8. The lowest BCUT2D eigenvalue weighted by Crippen LogP contribution is -2.45. The van der Waals surface area contributed by atoms with Crippen LogP contribution in [0.25, 0.3) is 20.7 Å². The summed E-state index contributed by atoms with van der Waals surface area (Å²) in [6.07, 6.45) is 0. The lowest BCUT2D eigenvalue weighted by Gasteiger charge is -2.15. The number of hydrogen-bond donors (Lipinski definition) is 2. The van der Waals surface area contributed by atoms with Gasteiger partial charge < -0.3 is 5.11 Å². The molecule has 2 N–H and O–H groups in total. The van der Waals surface area contributed by atoms with E-state index in [0.29, 0.717) is 0 Å². The molecule has 1 fully saturated rings. The van der Waals surface area contributed by atoms with Gasteiger partial charge in [-0.15, -0.1) is 22.7 Å². The van der Waals surface area contributed by atoms with Gasteiger partial charge in [0.1, 0.15) is 9.75 Å². The topological polar surface area (TPSA) is 96.4 Å². The third-order valence-corrected chi connectivity index (χ3v) is 10.1. The Balaban J connectivity index is 1.46. The fraction of sp³-hybridized carbons (Fsp3) is 0.217. The number of nitrogens with one attached hydrogen (secondary N) is 1. The number of aryl methyl sites for hydroxylation is 1. The first-order valence-corrected chi connectivity index (χ1v) is 13.1. The van der Waals surface area contributed by atoms with Gasteiger partial charge in [0.05, 0.1) is 15.2 Å². The Hall–Kier alpha value is -2.59. The maximum Gasteiger partial charge on any atom is 0.325 e. The molecule has 3 atom stereocenters. The number of carboxylic acid groups (broad SMARTS) is 1. The van der Waals surface area contributed by atoms with Gasteiger partial charge in [0.2, 0.25) is 0 Å². The van der Waals surface area contributed by atoms with Crippen molar-refractivity contribution in [2.24, 2.45) is 5.92 Å². The van der Waals surface area contributed by atoms with Gasteiger partial charge in [-0.2, -0.15) is 4.72 Å². The van der Waals surface area contributed by atoms with Crippen molar-refractivity contribution in [3.8, 4) is 10.4 Å². The molecule has 2 heterocycles. The summed E-state index contributed by atoms with van der Waals surface area (Å²) in [5.41, 5.74) is 1.01. The van der Waals surface area contributed by atoms with Crippen LogP contribution in [0.15, 0.2) is 64.9 Å². The van der Waals surface area contributed by atoms with Gasteiger partial charge in [0, 0.05) is 10.8 Å². The molecule has 0 radical (unpaired) electrons. The number of sulfonamides is 1. The average molecular weight is 485 g/mol. The van der Waals surface area contributed by atoms with Gasteiger partial charge >= 0.3 is 5.97 Å². The van der Waals surface area contributed by atoms with E-state index in [9.17, 15) is 18.3 Å². The Kier molecular flexibility index (Phi) is 4.97. The van der Waals surface area contributed by atoms with Crippen LogP contribution in [0.2, 0.25) is 0 Å². The molecule has 1 unspecified atom stereocenters. The van der Waals surface area contributed by atoms with Gasteiger partial charge in [-0.3, -0.25) is 4.79 Å². The van der Waals surface area contributed by atoms with Crippen LogP contribution in [-0.2, 0) is 14.8 Å². The molecule has 5 rings (SSSR count). The number of thiophene rings is 1. The summed E-state index contributed by atoms with van der Waals surface area (Å²) in [6, 6.07) is 18.3. The molecule has 9 heteroatoms. The number of hydrogen-bond acceptors (Lipinski definition) is 6. The molecule has 1 aliphatic rings. The summed E-state index contributed by atoms with van der Waals surface area (Å²) >= 11 is 2.73. The van der Waals surface area contributed by atoms with Crippen LogP contribution < -0.4 is 4.72 Å². The number of nitrogens with zero attached hydrogens (tertiary/aromatic N) is 1. The zero-order valence-electron chi connectivity index (χ0n) is 17.3. The second kappa shape index (κ2) is 7.48. The van der Waals surface area contributed by atoms with Crippen LogP contribution >= 0.6 is 22.7 Å². The lowest BCUT2D eigenvalue weighted by atomic mass is 10.1. The molecule has 164 valence electrons. The summed E-state index contributed by atoms with van der Waals surface area (Å²) in [5.74, 6) is -1.96. The smallest absolute Gasteiger partial charge is 0.325 e. The number of rotatable bonds is 6. The monoisotopic (exact) mass is 484 g/mol. The Morgan fingerprint density at radius 3 is 2.56 bits per heavy atom. The highest BCUT2D eigenvalue weighted by atomic mass is 32.2. The van der Waals surface area contributed by atoms with Crippen molar-refractivity contribution in [1.82, 2.24) is 9.71 Å². The van der Waals surface area contributed by atoms with Gasteiger partial charge in [-0.05, 0) is 48.2 Å². The van der Waals surface area contributed by atoms with Crippen molar-refractivity contribution >= 4 is 48.9 Å². The maximum atomic E-state index is 13.2. The van der Waals surface area contributed by atoms with E-state index in [-0.39, 0.29) is 10.1 Å². The highest BCUT2D eigenvalue weighted by Crippen LogP contribution is 2.58. The van der Waals surface area contributed by atoms with Crippen molar-refractivity contribution < 1.29 is 18.3 Å². The number of aromatic nitrogens is 1. The Labute approximate surface area is 193 Å². The SMILES string of the molecule is Cc1nc2cc(-c3ccc(S(=O)(=O)N[C@@]4(C(=O)O)C(C)[C@@H]4c4ccccc4)s3)ccc2s1. The number of carbonyl (C=O) groups is 1. The van der Waals surface area contributed by atoms with Gasteiger partial charge in [0.25, 0.3) is 10.0 Å². The minimum atomic E-state index is -4.03. The van der Waals surface area contributed by atoms with Crippen LogP contribution in [-0.4, -0.2) is 30.0 Å². The molecule has 4 aromatic rings. The van der Waals surface area contributed by atoms with Crippen molar-refractivity contribution in [1.29, 1.82) is 0 Å². The predicted molar refractivity (Wildman–Crippen MR) is 127 cm³/mol. The number of thiazole rings is 1. The zero-order chi connectivity index (χ0) is 22.7. The van der Waals surface area contributed by atoms with Crippen molar-refractivity contribution in [2.75, 3.05) is 0 Å². The zero-order valence-corrected chi connectivity index (χ0v) is 19.7. The van der Waals surface area contributed by atoms with Gasteiger partial charge in [-0.25, -0.2) is 13.4 Å². The minimum absolute atomic E-state index is 0.0913. The molecule has 32 heavy (non-hydrogen) atoms. The number of aliphatic carboxylic acids is 1. The molecule has 0 bridgehead atoms. The van der Waals surface area contributed by atoms with Crippen LogP contribution in [0.5, 0.6) is 0 Å². The van der Waals surface area contributed by atoms with Crippen LogP contribution in [0.4, 0.5) is 0 Å². The fourth-order valence-corrected chi connectivity index (χ4v) is 7.96. The molecule has 6 nitrogen and oxygen atoms in total. The van der Waals surface area contributed by atoms with E-state index in [1.165, 1.54) is 6.07 Å². The van der Waals surface area contributed by atoms with E-state index in [2.05, 4.69) is 9.71 Å². The largest absolute Gasteiger partial charge is 0.480 e. The first kappa shape index (κ1) is 21.3. The Morgan fingerprint density at radius 1 is 1.09 bits per heavy atom. The molecule has 2 aromatic heterocycles. The molecule has 0 spiro atoms. The summed E-state index contributed by atoms with van der Waals surface area (Å²) in [7, 11) is -4.03. The quantitative estimate of drug-likeness (QED) is 0.407. The lowest BCUT2D eigenvalue weighted by molar-refractivity contribution is -0.140. The average Bonchev–Trinajstić information content (AvgIpc) is 3.11. The van der Waals surface area contributed by atoms with E-state index in [1.807, 2.05) is 55.5 Å². The number of carboxylic acids is 1. The third kappa shape index (κ3) is 3.36. The van der Waals surface area contributed by atoms with Crippen molar-refractivity contribution in [2.45, 2.75) is 29.5 Å². The molecule has 1 aliphatic carbocycles. The predicted octanol–water partition coefficient (Wildman–Crippen LogP) is 4.87. The highest BCUT2D eigenvalue weighted by molar-refractivity contribution is 7.91. The van der Waals surface area contributed by atoms with Crippen molar-refractivity contribution in [3.05, 3.63) is 71.2 Å². The molecule has 1 saturated carbocycles. The van der Waals surface area contributed by atoms with Crippen LogP contribution in [0, 0.1) is 12.8 Å². The maximum absolute atomic E-state index is 13.2. The third-order valence-electron chi connectivity index (χ3n) is 6.04. The summed E-state index contributed by atoms with van der Waals surface area (Å²) in [6.45, 7) is 3.71. The number of benzene rings is 2. The summed E-state index contributed by atoms with van der Waals surface area (Å²) in [5, 5.41) is 10.9. The second-order valence-corrected chi connectivity index (χ2v) is 12.2. The van der Waals surface area contributed by atoms with E-state index in [4.69, 9.17) is 0 Å². The fourth-order valence-electron chi connectivity index (χ4n) is 4.39. The standard InChI is InChI=1S/C23H20N2O4S3/c1-13-21(15-6-4-3-5-7-15)23(13,22(26)27)25-32(28,29)20-11-10-18(31-20)16-8-9-19-17(12-16)24-14(2)30-19/h3-13,21,25H,1-2H3,(H,26,27)/t13?,21-,23+/m1/s1. The molecule has 2 aromatic carbocycles. The first-order valence-electron chi connectivity index (χ1n) is 10.0. The van der Waals surface area contributed by atoms with Gasteiger partial charge in [0.15, 0.2) is 0 Å². The Bertz CT molecular complexity index is 1440. The highest BCUT2D eigenvalue weighted by Gasteiger charge is 2.70. The molecule has 0 saturated heterocycles. The molecule has 0 amide bonds. The summed E-state index contributed by atoms with van der Waals surface area (Å²) in [4.78, 5) is 17.5. The van der Waals surface area contributed by atoms with Crippen molar-refractivity contribution in [3.63, 3.8) is 0 Å². The second-order valence-electron chi connectivity index (χ2n) is 7.99. The van der Waals surface area contributed by atoms with Crippen LogP contribution in [0.1, 0.15) is 23.4 Å². The van der Waals surface area contributed by atoms with E-state index in [0.717, 1.165) is 42.6 Å². The first-order chi connectivity index (χ1) is 15.2. The Morgan fingerprint density at radius 2 is 1.84 bits per heavy atom. The molecular weight excluding hydrogens is 464 g/mol. The minimum Gasteiger partial charge on any atom is -0.480 e. The summed E-state index contributed by atoms with van der Waals surface area (Å²) < 4.78 is 30.1. The van der Waals surface area contributed by atoms with Crippen LogP contribution in [0.3, 0.4) is 0 Å².